The molecule has 0 spiro atoms. The monoisotopic (exact) mass is 226 g/mol. The van der Waals surface area contributed by atoms with Gasteiger partial charge in [0.15, 0.2) is 0 Å². The average molecular weight is 226 g/mol. The van der Waals surface area contributed by atoms with Crippen molar-refractivity contribution in [3.8, 4) is 0 Å². The van der Waals surface area contributed by atoms with Gasteiger partial charge in [-0.3, -0.25) is 4.79 Å². The van der Waals surface area contributed by atoms with Gasteiger partial charge in [-0.05, 0) is 19.4 Å². The van der Waals surface area contributed by atoms with E-state index in [9.17, 15) is 4.79 Å². The van der Waals surface area contributed by atoms with Crippen LogP contribution < -0.4 is 0 Å². The van der Waals surface area contributed by atoms with E-state index in [2.05, 4.69) is 13.2 Å². The molecular weight excluding hydrogens is 204 g/mol. The summed E-state index contributed by atoms with van der Waals surface area (Å²) in [6.45, 7) is 15.2. The van der Waals surface area contributed by atoms with Crippen molar-refractivity contribution in [1.82, 2.24) is 0 Å². The van der Waals surface area contributed by atoms with Crippen LogP contribution in [0.3, 0.4) is 0 Å². The minimum atomic E-state index is -0.175. The van der Waals surface area contributed by atoms with Crippen LogP contribution in [0.5, 0.6) is 0 Å². The Morgan fingerprint density at radius 3 is 2.25 bits per heavy atom. The molecule has 0 aromatic heterocycles. The molecule has 0 heterocycles. The quantitative estimate of drug-likeness (QED) is 0.380. The second kappa shape index (κ2) is 7.09. The van der Waals surface area contributed by atoms with Gasteiger partial charge in [0.2, 0.25) is 0 Å². The first-order valence-corrected chi connectivity index (χ1v) is 5.52. The number of allylic oxidation sites excluding steroid dienone is 1. The first kappa shape index (κ1) is 14.8. The van der Waals surface area contributed by atoms with Crippen molar-refractivity contribution in [1.29, 1.82) is 0 Å². The van der Waals surface area contributed by atoms with E-state index in [1.807, 2.05) is 27.7 Å². The van der Waals surface area contributed by atoms with Crippen molar-refractivity contribution < 1.29 is 14.3 Å². The lowest BCUT2D eigenvalue weighted by molar-refractivity contribution is -0.152. The van der Waals surface area contributed by atoms with Gasteiger partial charge in [-0.15, -0.1) is 0 Å². The van der Waals surface area contributed by atoms with Crippen LogP contribution in [0.2, 0.25) is 0 Å². The molecule has 16 heavy (non-hydrogen) atoms. The number of carbonyl (C=O) groups is 1. The van der Waals surface area contributed by atoms with Crippen molar-refractivity contribution in [2.24, 2.45) is 5.92 Å². The summed E-state index contributed by atoms with van der Waals surface area (Å²) in [6, 6.07) is 0. The van der Waals surface area contributed by atoms with Crippen molar-refractivity contribution in [3.05, 3.63) is 24.5 Å². The van der Waals surface area contributed by atoms with E-state index in [4.69, 9.17) is 9.47 Å². The van der Waals surface area contributed by atoms with Crippen LogP contribution in [0.25, 0.3) is 0 Å². The fourth-order valence-corrected chi connectivity index (χ4v) is 0.865. The Kier molecular flexibility index (Phi) is 6.54. The molecule has 3 nitrogen and oxygen atoms in total. The summed E-state index contributed by atoms with van der Waals surface area (Å²) in [6.07, 6.45) is 0.526. The Morgan fingerprint density at radius 2 is 1.81 bits per heavy atom. The number of hydrogen-bond acceptors (Lipinski definition) is 3. The van der Waals surface area contributed by atoms with Crippen molar-refractivity contribution in [2.75, 3.05) is 6.61 Å². The van der Waals surface area contributed by atoms with Crippen molar-refractivity contribution >= 4 is 5.97 Å². The molecule has 0 radical (unpaired) electrons. The highest BCUT2D eigenvalue weighted by Gasteiger charge is 2.13. The normalized spacial score (nSPS) is 12.1. The molecule has 92 valence electrons. The Hall–Kier alpha value is -1.25. The lowest BCUT2D eigenvalue weighted by atomic mass is 10.2. The molecular formula is C13H22O3. The smallest absolute Gasteiger partial charge is 0.308 e. The van der Waals surface area contributed by atoms with Crippen LogP contribution in [0.4, 0.5) is 0 Å². The molecule has 0 aromatic rings. The minimum absolute atomic E-state index is 0.0891. The van der Waals surface area contributed by atoms with Gasteiger partial charge in [0.05, 0.1) is 12.5 Å². The molecule has 0 bridgehead atoms. The van der Waals surface area contributed by atoms with Crippen LogP contribution in [-0.2, 0) is 14.3 Å². The average Bonchev–Trinajstić information content (AvgIpc) is 2.16. The van der Waals surface area contributed by atoms with Crippen LogP contribution in [-0.4, -0.2) is 18.7 Å². The standard InChI is InChI=1S/C13H22O3/c1-9(2)12(6)15-8-7-11(5)16-13(14)10(3)4/h10-11H,1,6-8H2,2-5H3. The van der Waals surface area contributed by atoms with E-state index in [0.29, 0.717) is 18.8 Å². The maximum atomic E-state index is 11.3. The molecule has 3 heteroatoms. The first-order valence-electron chi connectivity index (χ1n) is 5.52. The molecule has 0 fully saturated rings. The van der Waals surface area contributed by atoms with Crippen LogP contribution in [0.15, 0.2) is 24.5 Å². The van der Waals surface area contributed by atoms with Crippen molar-refractivity contribution in [3.63, 3.8) is 0 Å². The van der Waals surface area contributed by atoms with Crippen molar-refractivity contribution in [2.45, 2.75) is 40.2 Å². The lowest BCUT2D eigenvalue weighted by Crippen LogP contribution is -2.20. The summed E-state index contributed by atoms with van der Waals surface area (Å²) < 4.78 is 10.5. The van der Waals surface area contributed by atoms with Crippen LogP contribution in [0, 0.1) is 5.92 Å². The maximum Gasteiger partial charge on any atom is 0.308 e. The zero-order valence-corrected chi connectivity index (χ0v) is 10.7. The van der Waals surface area contributed by atoms with Gasteiger partial charge >= 0.3 is 5.97 Å². The highest BCUT2D eigenvalue weighted by Crippen LogP contribution is 2.08. The summed E-state index contributed by atoms with van der Waals surface area (Å²) >= 11 is 0. The highest BCUT2D eigenvalue weighted by molar-refractivity contribution is 5.71. The summed E-state index contributed by atoms with van der Waals surface area (Å²) in [4.78, 5) is 11.3. The Bertz CT molecular complexity index is 266. The van der Waals surface area contributed by atoms with Gasteiger partial charge in [-0.2, -0.15) is 0 Å². The van der Waals surface area contributed by atoms with Gasteiger partial charge in [-0.1, -0.05) is 27.0 Å². The molecule has 0 saturated heterocycles. The third kappa shape index (κ3) is 6.27. The SMILES string of the molecule is C=C(C)C(=C)OCCC(C)OC(=O)C(C)C. The Morgan fingerprint density at radius 1 is 1.25 bits per heavy atom. The number of rotatable bonds is 7. The lowest BCUT2D eigenvalue weighted by Gasteiger charge is -2.15. The van der Waals surface area contributed by atoms with E-state index < -0.39 is 0 Å². The summed E-state index contributed by atoms with van der Waals surface area (Å²) in [5, 5.41) is 0. The van der Waals surface area contributed by atoms with E-state index in [1.54, 1.807) is 0 Å². The van der Waals surface area contributed by atoms with Gasteiger partial charge in [0.1, 0.15) is 11.9 Å². The highest BCUT2D eigenvalue weighted by atomic mass is 16.5. The zero-order chi connectivity index (χ0) is 12.7. The number of ether oxygens (including phenoxy) is 2. The van der Waals surface area contributed by atoms with Gasteiger partial charge in [0, 0.05) is 6.42 Å². The molecule has 0 aromatic carbocycles. The third-order valence-corrected chi connectivity index (χ3v) is 2.07. The summed E-state index contributed by atoms with van der Waals surface area (Å²) in [7, 11) is 0. The number of hydrogen-bond donors (Lipinski definition) is 0. The fraction of sp³-hybridized carbons (Fsp3) is 0.615. The minimum Gasteiger partial charge on any atom is -0.494 e. The molecule has 0 N–H and O–H groups in total. The maximum absolute atomic E-state index is 11.3. The largest absolute Gasteiger partial charge is 0.494 e. The van der Waals surface area contributed by atoms with Crippen LogP contribution >= 0.6 is 0 Å². The predicted molar refractivity (Wildman–Crippen MR) is 64.9 cm³/mol. The number of carbonyl (C=O) groups excluding carboxylic acids is 1. The van der Waals surface area contributed by atoms with E-state index >= 15 is 0 Å². The Labute approximate surface area is 98.1 Å². The molecule has 0 aliphatic heterocycles. The second-order valence-electron chi connectivity index (χ2n) is 4.24. The molecule has 1 atom stereocenters. The molecule has 0 rings (SSSR count). The molecule has 1 unspecified atom stereocenters. The molecule has 0 aliphatic carbocycles. The van der Waals surface area contributed by atoms with Gasteiger partial charge in [-0.25, -0.2) is 0 Å². The predicted octanol–water partition coefficient (Wildman–Crippen LogP) is 3.07. The number of esters is 1. The zero-order valence-electron chi connectivity index (χ0n) is 10.7. The van der Waals surface area contributed by atoms with Crippen LogP contribution in [0.1, 0.15) is 34.1 Å². The molecule has 0 saturated carbocycles. The Balaban J connectivity index is 3.74. The van der Waals surface area contributed by atoms with E-state index in [-0.39, 0.29) is 18.0 Å². The topological polar surface area (TPSA) is 35.5 Å². The second-order valence-corrected chi connectivity index (χ2v) is 4.24. The first-order chi connectivity index (χ1) is 7.34. The molecule has 0 aliphatic rings. The van der Waals surface area contributed by atoms with E-state index in [1.165, 1.54) is 0 Å². The van der Waals surface area contributed by atoms with E-state index in [0.717, 1.165) is 5.57 Å². The van der Waals surface area contributed by atoms with Gasteiger partial charge in [0.25, 0.3) is 0 Å². The third-order valence-electron chi connectivity index (χ3n) is 2.07. The summed E-state index contributed by atoms with van der Waals surface area (Å²) in [5.74, 6) is 0.322. The summed E-state index contributed by atoms with van der Waals surface area (Å²) in [5.41, 5.74) is 0.812. The molecule has 0 amide bonds. The fourth-order valence-electron chi connectivity index (χ4n) is 0.865. The van der Waals surface area contributed by atoms with Gasteiger partial charge < -0.3 is 9.47 Å².